The molecule has 100 valence electrons. The standard InChI is InChI=1S/C14H20FNO2/c1-3-18-14-7-6-11(8-12(14)15)16-13(9-17-2)10-4-5-10/h6-8,10,13,16H,3-5,9H2,1-2H3. The first-order chi connectivity index (χ1) is 8.74. The molecule has 0 aliphatic heterocycles. The predicted molar refractivity (Wildman–Crippen MR) is 69.6 cm³/mol. The van der Waals surface area contributed by atoms with Crippen molar-refractivity contribution in [1.29, 1.82) is 0 Å². The number of ether oxygens (including phenoxy) is 2. The summed E-state index contributed by atoms with van der Waals surface area (Å²) in [6.07, 6.45) is 2.45. The van der Waals surface area contributed by atoms with Crippen LogP contribution in [0, 0.1) is 11.7 Å². The molecule has 1 atom stereocenters. The van der Waals surface area contributed by atoms with Crippen molar-refractivity contribution in [3.63, 3.8) is 0 Å². The minimum absolute atomic E-state index is 0.271. The monoisotopic (exact) mass is 253 g/mol. The minimum Gasteiger partial charge on any atom is -0.491 e. The van der Waals surface area contributed by atoms with Gasteiger partial charge >= 0.3 is 0 Å². The number of rotatable bonds is 7. The summed E-state index contributed by atoms with van der Waals surface area (Å²) in [6, 6.07) is 5.26. The fourth-order valence-corrected chi connectivity index (χ4v) is 2.05. The third-order valence-corrected chi connectivity index (χ3v) is 3.12. The van der Waals surface area contributed by atoms with Gasteiger partial charge in [-0.15, -0.1) is 0 Å². The van der Waals surface area contributed by atoms with Gasteiger partial charge in [-0.1, -0.05) is 0 Å². The number of halogens is 1. The normalized spacial score (nSPS) is 16.4. The SMILES string of the molecule is CCOc1ccc(NC(COC)C2CC2)cc1F. The Morgan fingerprint density at radius 3 is 2.78 bits per heavy atom. The zero-order chi connectivity index (χ0) is 13.0. The Morgan fingerprint density at radius 2 is 2.22 bits per heavy atom. The van der Waals surface area contributed by atoms with E-state index in [0.29, 0.717) is 24.9 Å². The summed E-state index contributed by atoms with van der Waals surface area (Å²) >= 11 is 0. The van der Waals surface area contributed by atoms with Crippen LogP contribution < -0.4 is 10.1 Å². The summed E-state index contributed by atoms with van der Waals surface area (Å²) in [7, 11) is 1.69. The van der Waals surface area contributed by atoms with Crippen molar-refractivity contribution in [2.45, 2.75) is 25.8 Å². The van der Waals surface area contributed by atoms with Crippen LogP contribution in [-0.4, -0.2) is 26.4 Å². The number of nitrogens with one attached hydrogen (secondary N) is 1. The van der Waals surface area contributed by atoms with E-state index in [4.69, 9.17) is 9.47 Å². The quantitative estimate of drug-likeness (QED) is 0.810. The average molecular weight is 253 g/mol. The molecule has 18 heavy (non-hydrogen) atoms. The van der Waals surface area contributed by atoms with Crippen molar-refractivity contribution < 1.29 is 13.9 Å². The van der Waals surface area contributed by atoms with Gasteiger partial charge in [0.15, 0.2) is 11.6 Å². The number of hydrogen-bond acceptors (Lipinski definition) is 3. The molecular weight excluding hydrogens is 233 g/mol. The first-order valence-electron chi connectivity index (χ1n) is 6.42. The van der Waals surface area contributed by atoms with Crippen LogP contribution in [0.2, 0.25) is 0 Å². The average Bonchev–Trinajstić information content (AvgIpc) is 3.16. The molecule has 4 heteroatoms. The molecule has 1 unspecified atom stereocenters. The van der Waals surface area contributed by atoms with Gasteiger partial charge in [-0.3, -0.25) is 0 Å². The number of methoxy groups -OCH3 is 1. The van der Waals surface area contributed by atoms with Crippen LogP contribution in [0.4, 0.5) is 10.1 Å². The Bertz CT molecular complexity index is 393. The second kappa shape index (κ2) is 6.05. The highest BCUT2D eigenvalue weighted by molar-refractivity contribution is 5.48. The van der Waals surface area contributed by atoms with E-state index in [1.165, 1.54) is 18.9 Å². The van der Waals surface area contributed by atoms with E-state index in [2.05, 4.69) is 5.32 Å². The van der Waals surface area contributed by atoms with Gasteiger partial charge in [-0.2, -0.15) is 0 Å². The molecule has 0 radical (unpaired) electrons. The Morgan fingerprint density at radius 1 is 1.44 bits per heavy atom. The minimum atomic E-state index is -0.325. The van der Waals surface area contributed by atoms with Crippen LogP contribution in [0.3, 0.4) is 0 Å². The van der Waals surface area contributed by atoms with E-state index in [0.717, 1.165) is 5.69 Å². The smallest absolute Gasteiger partial charge is 0.167 e. The van der Waals surface area contributed by atoms with E-state index in [1.54, 1.807) is 13.2 Å². The summed E-state index contributed by atoms with van der Waals surface area (Å²) in [5, 5.41) is 3.33. The first kappa shape index (κ1) is 13.1. The molecule has 0 bridgehead atoms. The summed E-state index contributed by atoms with van der Waals surface area (Å²) < 4.78 is 24.1. The molecule has 0 amide bonds. The van der Waals surface area contributed by atoms with Crippen molar-refractivity contribution in [3.8, 4) is 5.75 Å². The van der Waals surface area contributed by atoms with Crippen LogP contribution in [0.25, 0.3) is 0 Å². The lowest BCUT2D eigenvalue weighted by Crippen LogP contribution is -2.27. The Hall–Kier alpha value is -1.29. The third kappa shape index (κ3) is 3.35. The van der Waals surface area contributed by atoms with Crippen LogP contribution in [0.15, 0.2) is 18.2 Å². The van der Waals surface area contributed by atoms with E-state index in [-0.39, 0.29) is 11.9 Å². The van der Waals surface area contributed by atoms with Crippen molar-refractivity contribution >= 4 is 5.69 Å². The van der Waals surface area contributed by atoms with Gasteiger partial charge in [-0.25, -0.2) is 4.39 Å². The predicted octanol–water partition coefficient (Wildman–Crippen LogP) is 3.06. The summed E-state index contributed by atoms with van der Waals surface area (Å²) in [4.78, 5) is 0. The lowest BCUT2D eigenvalue weighted by molar-refractivity contribution is 0.179. The van der Waals surface area contributed by atoms with Gasteiger partial charge in [0.05, 0.1) is 19.3 Å². The highest BCUT2D eigenvalue weighted by atomic mass is 19.1. The lowest BCUT2D eigenvalue weighted by atomic mass is 10.2. The van der Waals surface area contributed by atoms with Gasteiger partial charge in [0.2, 0.25) is 0 Å². The molecule has 0 aromatic heterocycles. The van der Waals surface area contributed by atoms with Gasteiger partial charge < -0.3 is 14.8 Å². The molecule has 1 aromatic rings. The number of benzene rings is 1. The van der Waals surface area contributed by atoms with Crippen molar-refractivity contribution in [2.24, 2.45) is 5.92 Å². The zero-order valence-corrected chi connectivity index (χ0v) is 10.9. The maximum Gasteiger partial charge on any atom is 0.167 e. The largest absolute Gasteiger partial charge is 0.491 e. The van der Waals surface area contributed by atoms with Crippen LogP contribution in [0.5, 0.6) is 5.75 Å². The van der Waals surface area contributed by atoms with E-state index in [9.17, 15) is 4.39 Å². The van der Waals surface area contributed by atoms with Gasteiger partial charge in [-0.05, 0) is 37.8 Å². The molecule has 2 rings (SSSR count). The molecule has 0 heterocycles. The van der Waals surface area contributed by atoms with Gasteiger partial charge in [0.1, 0.15) is 0 Å². The van der Waals surface area contributed by atoms with E-state index in [1.807, 2.05) is 13.0 Å². The molecule has 0 spiro atoms. The second-order valence-electron chi connectivity index (χ2n) is 4.62. The topological polar surface area (TPSA) is 30.5 Å². The maximum absolute atomic E-state index is 13.7. The number of hydrogen-bond donors (Lipinski definition) is 1. The van der Waals surface area contributed by atoms with E-state index < -0.39 is 0 Å². The Balaban J connectivity index is 2.01. The molecule has 1 aliphatic carbocycles. The van der Waals surface area contributed by atoms with E-state index >= 15 is 0 Å². The Kier molecular flexibility index (Phi) is 4.42. The molecule has 1 aliphatic rings. The Labute approximate surface area is 107 Å². The van der Waals surface area contributed by atoms with Gasteiger partial charge in [0.25, 0.3) is 0 Å². The van der Waals surface area contributed by atoms with Crippen LogP contribution >= 0.6 is 0 Å². The molecule has 1 N–H and O–H groups in total. The van der Waals surface area contributed by atoms with Crippen LogP contribution in [-0.2, 0) is 4.74 Å². The fourth-order valence-electron chi connectivity index (χ4n) is 2.05. The summed E-state index contributed by atoms with van der Waals surface area (Å²) in [6.45, 7) is 2.96. The molecule has 1 saturated carbocycles. The van der Waals surface area contributed by atoms with Crippen molar-refractivity contribution in [1.82, 2.24) is 0 Å². The lowest BCUT2D eigenvalue weighted by Gasteiger charge is -2.19. The molecule has 1 aromatic carbocycles. The van der Waals surface area contributed by atoms with Crippen molar-refractivity contribution in [3.05, 3.63) is 24.0 Å². The first-order valence-corrected chi connectivity index (χ1v) is 6.42. The van der Waals surface area contributed by atoms with Gasteiger partial charge in [0, 0.05) is 18.9 Å². The second-order valence-corrected chi connectivity index (χ2v) is 4.62. The number of anilines is 1. The molecule has 0 saturated heterocycles. The molecule has 3 nitrogen and oxygen atoms in total. The summed E-state index contributed by atoms with van der Waals surface area (Å²) in [5.74, 6) is 0.631. The molecule has 1 fully saturated rings. The fraction of sp³-hybridized carbons (Fsp3) is 0.571. The summed E-state index contributed by atoms with van der Waals surface area (Å²) in [5.41, 5.74) is 0.782. The third-order valence-electron chi connectivity index (χ3n) is 3.12. The highest BCUT2D eigenvalue weighted by Crippen LogP contribution is 2.34. The van der Waals surface area contributed by atoms with Crippen LogP contribution in [0.1, 0.15) is 19.8 Å². The maximum atomic E-state index is 13.7. The van der Waals surface area contributed by atoms with Crippen molar-refractivity contribution in [2.75, 3.05) is 25.6 Å². The highest BCUT2D eigenvalue weighted by Gasteiger charge is 2.31. The zero-order valence-electron chi connectivity index (χ0n) is 10.9. The molecular formula is C14H20FNO2.